The normalized spacial score (nSPS) is 14.5. The molecule has 1 aliphatic rings. The molecular weight excluding hydrogens is 346 g/mol. The van der Waals surface area contributed by atoms with E-state index in [1.807, 2.05) is 12.1 Å². The van der Waals surface area contributed by atoms with Gasteiger partial charge in [-0.05, 0) is 54.7 Å². The molecule has 1 aliphatic heterocycles. The number of aromatic carboxylic acids is 1. The Morgan fingerprint density at radius 1 is 1.07 bits per heavy atom. The number of carbonyl (C=O) groups is 2. The molecule has 0 unspecified atom stereocenters. The number of nitrogens with one attached hydrogen (secondary N) is 1. The maximum Gasteiger partial charge on any atom is 0.335 e. The second-order valence-electron chi connectivity index (χ2n) is 6.58. The van der Waals surface area contributed by atoms with Crippen LogP contribution in [0, 0.1) is 5.92 Å². The predicted molar refractivity (Wildman–Crippen MR) is 101 cm³/mol. The summed E-state index contributed by atoms with van der Waals surface area (Å²) in [5, 5.41) is 12.0. The molecule has 0 bridgehead atoms. The summed E-state index contributed by atoms with van der Waals surface area (Å²) < 4.78 is 11.1. The number of benzene rings is 2. The lowest BCUT2D eigenvalue weighted by Crippen LogP contribution is -2.21. The van der Waals surface area contributed by atoms with Crippen LogP contribution in [0.5, 0.6) is 5.75 Å². The second kappa shape index (κ2) is 9.19. The lowest BCUT2D eigenvalue weighted by Gasteiger charge is -2.22. The third-order valence-electron chi connectivity index (χ3n) is 4.56. The number of carboxylic acids is 1. The molecule has 0 aromatic heterocycles. The number of rotatable bonds is 7. The first-order valence-corrected chi connectivity index (χ1v) is 9.03. The van der Waals surface area contributed by atoms with Gasteiger partial charge in [0, 0.05) is 18.9 Å². The molecule has 0 radical (unpaired) electrons. The van der Waals surface area contributed by atoms with E-state index in [-0.39, 0.29) is 17.9 Å². The summed E-state index contributed by atoms with van der Waals surface area (Å²) in [5.41, 5.74) is 1.27. The van der Waals surface area contributed by atoms with Gasteiger partial charge in [0.25, 0.3) is 0 Å². The van der Waals surface area contributed by atoms with Crippen LogP contribution in [0.2, 0.25) is 0 Å². The summed E-state index contributed by atoms with van der Waals surface area (Å²) in [6.45, 7) is 2.26. The molecule has 0 aliphatic carbocycles. The highest BCUT2D eigenvalue weighted by molar-refractivity contribution is 5.96. The Morgan fingerprint density at radius 2 is 1.78 bits per heavy atom. The van der Waals surface area contributed by atoms with Crippen molar-refractivity contribution in [1.29, 1.82) is 0 Å². The Bertz CT molecular complexity index is 781. The van der Waals surface area contributed by atoms with Gasteiger partial charge in [0.05, 0.1) is 18.6 Å². The summed E-state index contributed by atoms with van der Waals surface area (Å²) >= 11 is 0. The average molecular weight is 369 g/mol. The molecule has 0 atom stereocenters. The van der Waals surface area contributed by atoms with E-state index in [1.54, 1.807) is 30.3 Å². The van der Waals surface area contributed by atoms with E-state index in [9.17, 15) is 14.7 Å². The van der Waals surface area contributed by atoms with Gasteiger partial charge in [-0.25, -0.2) is 4.79 Å². The smallest absolute Gasteiger partial charge is 0.335 e. The van der Waals surface area contributed by atoms with Crippen LogP contribution in [0.15, 0.2) is 48.5 Å². The van der Waals surface area contributed by atoms with Crippen LogP contribution in [0.4, 0.5) is 5.69 Å². The highest BCUT2D eigenvalue weighted by Crippen LogP contribution is 2.20. The second-order valence-corrected chi connectivity index (χ2v) is 6.58. The maximum absolute atomic E-state index is 12.2. The van der Waals surface area contributed by atoms with Crippen molar-refractivity contribution in [2.24, 2.45) is 5.92 Å². The van der Waals surface area contributed by atoms with Crippen LogP contribution in [0.1, 0.15) is 28.8 Å². The molecule has 6 heteroatoms. The van der Waals surface area contributed by atoms with Gasteiger partial charge in [0.2, 0.25) is 5.91 Å². The molecule has 1 amide bonds. The third-order valence-corrected chi connectivity index (χ3v) is 4.56. The molecule has 2 aromatic carbocycles. The van der Waals surface area contributed by atoms with Crippen molar-refractivity contribution < 1.29 is 24.2 Å². The zero-order chi connectivity index (χ0) is 19.1. The van der Waals surface area contributed by atoms with Gasteiger partial charge < -0.3 is 19.9 Å². The highest BCUT2D eigenvalue weighted by atomic mass is 16.5. The number of ether oxygens (including phenoxy) is 2. The largest absolute Gasteiger partial charge is 0.493 e. The summed E-state index contributed by atoms with van der Waals surface area (Å²) in [6, 6.07) is 13.7. The third kappa shape index (κ3) is 5.56. The van der Waals surface area contributed by atoms with Crippen molar-refractivity contribution in [3.63, 3.8) is 0 Å². The van der Waals surface area contributed by atoms with Crippen molar-refractivity contribution in [2.45, 2.75) is 19.3 Å². The Morgan fingerprint density at radius 3 is 2.48 bits per heavy atom. The highest BCUT2D eigenvalue weighted by Gasteiger charge is 2.15. The maximum atomic E-state index is 12.2. The van der Waals surface area contributed by atoms with Crippen LogP contribution >= 0.6 is 0 Å². The van der Waals surface area contributed by atoms with E-state index in [4.69, 9.17) is 9.47 Å². The summed E-state index contributed by atoms with van der Waals surface area (Å²) in [6.07, 6.45) is 2.04. The lowest BCUT2D eigenvalue weighted by molar-refractivity contribution is -0.115. The standard InChI is InChI=1S/C21H23NO5/c23-20(13-16-3-1-2-4-19(16)21(24)25)22-17-5-7-18(8-6-17)27-14-15-9-11-26-12-10-15/h1-8,15H,9-14H2,(H,22,23)(H,24,25). The first-order chi connectivity index (χ1) is 13.1. The summed E-state index contributed by atoms with van der Waals surface area (Å²) in [7, 11) is 0. The molecule has 2 aromatic rings. The van der Waals surface area contributed by atoms with Gasteiger partial charge in [-0.1, -0.05) is 18.2 Å². The molecule has 0 saturated carbocycles. The fraction of sp³-hybridized carbons (Fsp3) is 0.333. The molecule has 2 N–H and O–H groups in total. The molecule has 3 rings (SSSR count). The molecule has 142 valence electrons. The summed E-state index contributed by atoms with van der Waals surface area (Å²) in [4.78, 5) is 23.4. The Balaban J connectivity index is 1.52. The van der Waals surface area contributed by atoms with E-state index in [0.29, 0.717) is 23.8 Å². The van der Waals surface area contributed by atoms with Gasteiger partial charge in [-0.2, -0.15) is 0 Å². The molecule has 27 heavy (non-hydrogen) atoms. The van der Waals surface area contributed by atoms with E-state index in [1.165, 1.54) is 6.07 Å². The van der Waals surface area contributed by atoms with E-state index < -0.39 is 5.97 Å². The number of hydrogen-bond donors (Lipinski definition) is 2. The van der Waals surface area contributed by atoms with Crippen LogP contribution < -0.4 is 10.1 Å². The van der Waals surface area contributed by atoms with Crippen molar-refractivity contribution in [3.8, 4) is 5.75 Å². The van der Waals surface area contributed by atoms with Crippen molar-refractivity contribution in [1.82, 2.24) is 0 Å². The van der Waals surface area contributed by atoms with Gasteiger partial charge in [-0.3, -0.25) is 4.79 Å². The first kappa shape index (κ1) is 18.9. The number of carbonyl (C=O) groups excluding carboxylic acids is 1. The Labute approximate surface area is 158 Å². The zero-order valence-electron chi connectivity index (χ0n) is 15.0. The summed E-state index contributed by atoms with van der Waals surface area (Å²) in [5.74, 6) is -0.0212. The van der Waals surface area contributed by atoms with E-state index in [0.717, 1.165) is 31.8 Å². The van der Waals surface area contributed by atoms with Crippen LogP contribution in [-0.4, -0.2) is 36.8 Å². The van der Waals surface area contributed by atoms with E-state index >= 15 is 0 Å². The molecule has 1 saturated heterocycles. The monoisotopic (exact) mass is 369 g/mol. The van der Waals surface area contributed by atoms with Gasteiger partial charge in [0.15, 0.2) is 0 Å². The Hall–Kier alpha value is -2.86. The van der Waals surface area contributed by atoms with Crippen LogP contribution in [0.25, 0.3) is 0 Å². The fourth-order valence-corrected chi connectivity index (χ4v) is 3.02. The minimum absolute atomic E-state index is 0.00444. The molecule has 0 spiro atoms. The average Bonchev–Trinajstić information content (AvgIpc) is 2.68. The van der Waals surface area contributed by atoms with Crippen molar-refractivity contribution in [2.75, 3.05) is 25.1 Å². The van der Waals surface area contributed by atoms with Crippen LogP contribution in [-0.2, 0) is 16.0 Å². The number of anilines is 1. The lowest BCUT2D eigenvalue weighted by atomic mass is 10.0. The van der Waals surface area contributed by atoms with Crippen molar-refractivity contribution >= 4 is 17.6 Å². The minimum Gasteiger partial charge on any atom is -0.493 e. The van der Waals surface area contributed by atoms with Crippen molar-refractivity contribution in [3.05, 3.63) is 59.7 Å². The first-order valence-electron chi connectivity index (χ1n) is 9.03. The van der Waals surface area contributed by atoms with Gasteiger partial charge in [-0.15, -0.1) is 0 Å². The van der Waals surface area contributed by atoms with Gasteiger partial charge >= 0.3 is 5.97 Å². The zero-order valence-corrected chi connectivity index (χ0v) is 15.0. The Kier molecular flexibility index (Phi) is 6.44. The molecule has 1 heterocycles. The fourth-order valence-electron chi connectivity index (χ4n) is 3.02. The molecule has 6 nitrogen and oxygen atoms in total. The minimum atomic E-state index is -1.04. The number of amides is 1. The number of carboxylic acid groups (broad SMARTS) is 1. The SMILES string of the molecule is O=C(Cc1ccccc1C(=O)O)Nc1ccc(OCC2CCOCC2)cc1. The predicted octanol–water partition coefficient (Wildman–Crippen LogP) is 3.37. The van der Waals surface area contributed by atoms with E-state index in [2.05, 4.69) is 5.32 Å². The van der Waals surface area contributed by atoms with Crippen LogP contribution in [0.3, 0.4) is 0 Å². The molecular formula is C21H23NO5. The molecule has 1 fully saturated rings. The quantitative estimate of drug-likeness (QED) is 0.782. The van der Waals surface area contributed by atoms with Gasteiger partial charge in [0.1, 0.15) is 5.75 Å². The number of hydrogen-bond acceptors (Lipinski definition) is 4. The topological polar surface area (TPSA) is 84.9 Å².